The minimum Gasteiger partial charge on any atom is -0.340 e. The molecule has 1 saturated heterocycles. The third-order valence-corrected chi connectivity index (χ3v) is 5.17. The van der Waals surface area contributed by atoms with Gasteiger partial charge < -0.3 is 10.2 Å². The molecule has 1 aliphatic heterocycles. The first-order chi connectivity index (χ1) is 11.6. The molecule has 130 valence electrons. The second-order valence-electron chi connectivity index (χ2n) is 6.60. The van der Waals surface area contributed by atoms with Crippen LogP contribution < -0.4 is 5.32 Å². The van der Waals surface area contributed by atoms with Gasteiger partial charge in [0.05, 0.1) is 0 Å². The van der Waals surface area contributed by atoms with Crippen LogP contribution in [0.3, 0.4) is 0 Å². The fourth-order valence-electron chi connectivity index (χ4n) is 3.12. The molecule has 3 rings (SSSR count). The highest BCUT2D eigenvalue weighted by molar-refractivity contribution is 6.30. The molecule has 1 N–H and O–H groups in total. The van der Waals surface area contributed by atoms with Gasteiger partial charge in [-0.1, -0.05) is 18.0 Å². The molecule has 0 spiro atoms. The van der Waals surface area contributed by atoms with E-state index in [9.17, 15) is 9.59 Å². The first-order valence-electron chi connectivity index (χ1n) is 8.68. The van der Waals surface area contributed by atoms with Crippen molar-refractivity contribution >= 4 is 29.1 Å². The Morgan fingerprint density at radius 1 is 1.08 bits per heavy atom. The Kier molecular flexibility index (Phi) is 5.74. The second-order valence-corrected chi connectivity index (χ2v) is 7.04. The number of halogens is 1. The molecule has 2 fully saturated rings. The summed E-state index contributed by atoms with van der Waals surface area (Å²) in [4.78, 5) is 28.5. The summed E-state index contributed by atoms with van der Waals surface area (Å²) in [5.74, 6) is 0.619. The molecular weight excluding hydrogens is 326 g/mol. The predicted octanol–water partition coefficient (Wildman–Crippen LogP) is 2.61. The molecule has 24 heavy (non-hydrogen) atoms. The summed E-state index contributed by atoms with van der Waals surface area (Å²) in [6.45, 7) is 4.01. The van der Waals surface area contributed by atoms with E-state index in [2.05, 4.69) is 10.2 Å². The van der Waals surface area contributed by atoms with Crippen LogP contribution >= 0.6 is 11.6 Å². The summed E-state index contributed by atoms with van der Waals surface area (Å²) >= 11 is 5.83. The zero-order chi connectivity index (χ0) is 16.9. The van der Waals surface area contributed by atoms with Crippen LogP contribution in [0.1, 0.15) is 25.7 Å². The third-order valence-electron chi connectivity index (χ3n) is 4.92. The van der Waals surface area contributed by atoms with Gasteiger partial charge in [0.1, 0.15) is 0 Å². The van der Waals surface area contributed by atoms with E-state index >= 15 is 0 Å². The molecule has 1 aromatic rings. The molecule has 1 heterocycles. The topological polar surface area (TPSA) is 52.7 Å². The van der Waals surface area contributed by atoms with Crippen LogP contribution in [0.4, 0.5) is 5.69 Å². The molecule has 0 unspecified atom stereocenters. The van der Waals surface area contributed by atoms with E-state index < -0.39 is 0 Å². The van der Waals surface area contributed by atoms with Crippen LogP contribution in [0.2, 0.25) is 5.02 Å². The molecule has 0 bridgehead atoms. The maximum Gasteiger partial charge on any atom is 0.225 e. The monoisotopic (exact) mass is 349 g/mol. The Morgan fingerprint density at radius 2 is 1.75 bits per heavy atom. The van der Waals surface area contributed by atoms with Crippen molar-refractivity contribution in [2.24, 2.45) is 5.92 Å². The lowest BCUT2D eigenvalue weighted by Gasteiger charge is -2.38. The second kappa shape index (κ2) is 7.99. The van der Waals surface area contributed by atoms with Crippen LogP contribution in [0.15, 0.2) is 24.3 Å². The van der Waals surface area contributed by atoms with E-state index in [1.54, 1.807) is 24.3 Å². The molecule has 2 aliphatic rings. The van der Waals surface area contributed by atoms with Gasteiger partial charge in [0.15, 0.2) is 0 Å². The first kappa shape index (κ1) is 17.2. The lowest BCUT2D eigenvalue weighted by molar-refractivity contribution is -0.140. The highest BCUT2D eigenvalue weighted by Crippen LogP contribution is 2.28. The van der Waals surface area contributed by atoms with Gasteiger partial charge in [-0.3, -0.25) is 14.5 Å². The zero-order valence-corrected chi connectivity index (χ0v) is 14.6. The van der Waals surface area contributed by atoms with E-state index in [0.717, 1.165) is 51.3 Å². The number of anilines is 1. The Hall–Kier alpha value is -1.59. The van der Waals surface area contributed by atoms with Gasteiger partial charge in [-0.2, -0.15) is 0 Å². The van der Waals surface area contributed by atoms with Gasteiger partial charge in [0.25, 0.3) is 0 Å². The standard InChI is InChI=1S/C18H24ClN3O2/c19-15-4-6-16(7-5-15)20-17(23)8-9-21-10-12-22(13-11-21)18(24)14-2-1-3-14/h4-7,14H,1-3,8-13H2,(H,20,23). The number of benzene rings is 1. The minimum atomic E-state index is 0.00490. The van der Waals surface area contributed by atoms with Crippen molar-refractivity contribution in [2.45, 2.75) is 25.7 Å². The van der Waals surface area contributed by atoms with E-state index in [-0.39, 0.29) is 11.8 Å². The molecule has 2 amide bonds. The van der Waals surface area contributed by atoms with Crippen molar-refractivity contribution in [2.75, 3.05) is 38.0 Å². The number of nitrogens with one attached hydrogen (secondary N) is 1. The Morgan fingerprint density at radius 3 is 2.33 bits per heavy atom. The summed E-state index contributed by atoms with van der Waals surface area (Å²) in [6.07, 6.45) is 3.77. The number of hydrogen-bond acceptors (Lipinski definition) is 3. The highest BCUT2D eigenvalue weighted by atomic mass is 35.5. The van der Waals surface area contributed by atoms with E-state index in [4.69, 9.17) is 11.6 Å². The maximum atomic E-state index is 12.2. The number of carbonyl (C=O) groups is 2. The van der Waals surface area contributed by atoms with Gasteiger partial charge in [-0.15, -0.1) is 0 Å². The van der Waals surface area contributed by atoms with Crippen molar-refractivity contribution in [3.8, 4) is 0 Å². The van der Waals surface area contributed by atoms with Crippen LogP contribution in [-0.4, -0.2) is 54.3 Å². The van der Waals surface area contributed by atoms with Crippen LogP contribution in [0.25, 0.3) is 0 Å². The summed E-state index contributed by atoms with van der Waals surface area (Å²) in [5.41, 5.74) is 0.764. The molecule has 6 heteroatoms. The van der Waals surface area contributed by atoms with Crippen LogP contribution in [0.5, 0.6) is 0 Å². The minimum absolute atomic E-state index is 0.00490. The van der Waals surface area contributed by atoms with Gasteiger partial charge in [-0.05, 0) is 37.1 Å². The highest BCUT2D eigenvalue weighted by Gasteiger charge is 2.31. The summed E-state index contributed by atoms with van der Waals surface area (Å²) < 4.78 is 0. The average molecular weight is 350 g/mol. The Labute approximate surface area is 147 Å². The largest absolute Gasteiger partial charge is 0.340 e. The van der Waals surface area contributed by atoms with Gasteiger partial charge >= 0.3 is 0 Å². The number of carbonyl (C=O) groups excluding carboxylic acids is 2. The summed E-state index contributed by atoms with van der Waals surface area (Å²) in [6, 6.07) is 7.11. The number of amides is 2. The maximum absolute atomic E-state index is 12.2. The van der Waals surface area contributed by atoms with Crippen molar-refractivity contribution in [1.29, 1.82) is 0 Å². The lowest BCUT2D eigenvalue weighted by Crippen LogP contribution is -2.51. The Bertz CT molecular complexity index is 578. The average Bonchev–Trinajstić information content (AvgIpc) is 2.54. The van der Waals surface area contributed by atoms with E-state index in [1.165, 1.54) is 6.42 Å². The third kappa shape index (κ3) is 4.48. The number of piperazine rings is 1. The van der Waals surface area contributed by atoms with Crippen molar-refractivity contribution in [3.63, 3.8) is 0 Å². The molecule has 1 aromatic carbocycles. The van der Waals surface area contributed by atoms with Gasteiger partial charge in [-0.25, -0.2) is 0 Å². The molecule has 1 saturated carbocycles. The van der Waals surface area contributed by atoms with E-state index in [0.29, 0.717) is 17.4 Å². The smallest absolute Gasteiger partial charge is 0.225 e. The van der Waals surface area contributed by atoms with Crippen molar-refractivity contribution < 1.29 is 9.59 Å². The van der Waals surface area contributed by atoms with Crippen molar-refractivity contribution in [3.05, 3.63) is 29.3 Å². The predicted molar refractivity (Wildman–Crippen MR) is 95.1 cm³/mol. The molecular formula is C18H24ClN3O2. The zero-order valence-electron chi connectivity index (χ0n) is 13.8. The first-order valence-corrected chi connectivity index (χ1v) is 9.06. The number of hydrogen-bond donors (Lipinski definition) is 1. The Balaban J connectivity index is 1.36. The molecule has 0 atom stereocenters. The van der Waals surface area contributed by atoms with Gasteiger partial charge in [0.2, 0.25) is 11.8 Å². The van der Waals surface area contributed by atoms with Crippen LogP contribution in [-0.2, 0) is 9.59 Å². The van der Waals surface area contributed by atoms with Crippen LogP contribution in [0, 0.1) is 5.92 Å². The summed E-state index contributed by atoms with van der Waals surface area (Å²) in [5, 5.41) is 3.53. The fraction of sp³-hybridized carbons (Fsp3) is 0.556. The van der Waals surface area contributed by atoms with Gasteiger partial charge in [0, 0.05) is 55.8 Å². The quantitative estimate of drug-likeness (QED) is 0.889. The SMILES string of the molecule is O=C(CCN1CCN(C(=O)C2CCC2)CC1)Nc1ccc(Cl)cc1. The molecule has 0 aromatic heterocycles. The molecule has 5 nitrogen and oxygen atoms in total. The number of nitrogens with zero attached hydrogens (tertiary/aromatic N) is 2. The molecule has 1 aliphatic carbocycles. The fourth-order valence-corrected chi connectivity index (χ4v) is 3.25. The summed E-state index contributed by atoms with van der Waals surface area (Å²) in [7, 11) is 0. The lowest BCUT2D eigenvalue weighted by atomic mass is 9.84. The number of rotatable bonds is 5. The molecule has 0 radical (unpaired) electrons. The van der Waals surface area contributed by atoms with E-state index in [1.807, 2.05) is 4.90 Å². The normalized spacial score (nSPS) is 19.0. The van der Waals surface area contributed by atoms with Crippen molar-refractivity contribution in [1.82, 2.24) is 9.80 Å².